The summed E-state index contributed by atoms with van der Waals surface area (Å²) in [6.45, 7) is 2.32. The van der Waals surface area contributed by atoms with Crippen molar-refractivity contribution in [2.75, 3.05) is 37.4 Å². The van der Waals surface area contributed by atoms with Gasteiger partial charge in [0.25, 0.3) is 0 Å². The van der Waals surface area contributed by atoms with Gasteiger partial charge in [-0.3, -0.25) is 0 Å². The first-order chi connectivity index (χ1) is 11.7. The van der Waals surface area contributed by atoms with Gasteiger partial charge in [-0.1, -0.05) is 23.2 Å². The van der Waals surface area contributed by atoms with Crippen LogP contribution in [-0.4, -0.2) is 45.6 Å². The second kappa shape index (κ2) is 8.18. The number of halogens is 2. The zero-order valence-corrected chi connectivity index (χ0v) is 16.4. The molecule has 0 unspecified atom stereocenters. The Balaban J connectivity index is 1.98. The monoisotopic (exact) mass is 403 g/mol. The summed E-state index contributed by atoms with van der Waals surface area (Å²) < 4.78 is 27.1. The summed E-state index contributed by atoms with van der Waals surface area (Å²) in [6.07, 6.45) is 0. The van der Waals surface area contributed by atoms with E-state index in [1.807, 2.05) is 32.0 Å². The number of anilines is 2. The molecule has 0 fully saturated rings. The molecule has 2 aromatic rings. The highest BCUT2D eigenvalue weighted by molar-refractivity contribution is 7.89. The van der Waals surface area contributed by atoms with Crippen LogP contribution in [0.1, 0.15) is 5.69 Å². The average molecular weight is 404 g/mol. The van der Waals surface area contributed by atoms with Gasteiger partial charge in [-0.15, -0.1) is 0 Å². The molecule has 1 heterocycles. The van der Waals surface area contributed by atoms with Crippen molar-refractivity contribution in [2.45, 2.75) is 11.8 Å². The van der Waals surface area contributed by atoms with E-state index in [4.69, 9.17) is 23.2 Å². The topological polar surface area (TPSA) is 87.2 Å². The fraction of sp³-hybridized carbons (Fsp3) is 0.333. The number of aryl methyl sites for hydroxylation is 1. The molecular weight excluding hydrogens is 385 g/mol. The van der Waals surface area contributed by atoms with E-state index >= 15 is 0 Å². The molecular formula is C15H19Cl2N5O2S. The minimum Gasteiger partial charge on any atom is -0.363 e. The zero-order chi connectivity index (χ0) is 18.6. The van der Waals surface area contributed by atoms with E-state index in [0.717, 1.165) is 11.5 Å². The van der Waals surface area contributed by atoms with Crippen molar-refractivity contribution in [1.29, 1.82) is 0 Å². The third-order valence-corrected chi connectivity index (χ3v) is 5.36. The van der Waals surface area contributed by atoms with Crippen molar-refractivity contribution in [3.05, 3.63) is 40.0 Å². The van der Waals surface area contributed by atoms with Gasteiger partial charge in [0.05, 0.1) is 5.02 Å². The lowest BCUT2D eigenvalue weighted by Crippen LogP contribution is -2.29. The molecule has 0 saturated heterocycles. The summed E-state index contributed by atoms with van der Waals surface area (Å²) in [5.41, 5.74) is 0.812. The Morgan fingerprint density at radius 2 is 1.84 bits per heavy atom. The van der Waals surface area contributed by atoms with Gasteiger partial charge in [-0.2, -0.15) is 4.98 Å². The molecule has 25 heavy (non-hydrogen) atoms. The van der Waals surface area contributed by atoms with E-state index in [9.17, 15) is 8.42 Å². The number of benzene rings is 1. The highest BCUT2D eigenvalue weighted by Crippen LogP contribution is 2.24. The van der Waals surface area contributed by atoms with Crippen molar-refractivity contribution in [2.24, 2.45) is 0 Å². The molecule has 0 aliphatic carbocycles. The number of nitrogens with zero attached hydrogens (tertiary/aromatic N) is 3. The summed E-state index contributed by atoms with van der Waals surface area (Å²) in [7, 11) is 0.0136. The molecule has 1 aromatic carbocycles. The zero-order valence-electron chi connectivity index (χ0n) is 14.0. The SMILES string of the molecule is Cc1cc(N(C)C)nc(NCCNS(=O)(=O)c2cc(Cl)ccc2Cl)n1. The molecule has 7 nitrogen and oxygen atoms in total. The van der Waals surface area contributed by atoms with Crippen LogP contribution in [0.25, 0.3) is 0 Å². The predicted octanol–water partition coefficient (Wildman–Crippen LogP) is 2.55. The van der Waals surface area contributed by atoms with Crippen molar-refractivity contribution in [3.8, 4) is 0 Å². The van der Waals surface area contributed by atoms with Crippen LogP contribution in [0.5, 0.6) is 0 Å². The highest BCUT2D eigenvalue weighted by Gasteiger charge is 2.17. The first-order valence-electron chi connectivity index (χ1n) is 7.40. The molecule has 0 atom stereocenters. The third-order valence-electron chi connectivity index (χ3n) is 3.18. The van der Waals surface area contributed by atoms with Crippen LogP contribution in [0.15, 0.2) is 29.2 Å². The Kier molecular flexibility index (Phi) is 6.45. The Bertz CT molecular complexity index is 859. The van der Waals surface area contributed by atoms with Gasteiger partial charge in [0.15, 0.2) is 0 Å². The van der Waals surface area contributed by atoms with Crippen molar-refractivity contribution in [1.82, 2.24) is 14.7 Å². The van der Waals surface area contributed by atoms with E-state index < -0.39 is 10.0 Å². The second-order valence-corrected chi connectivity index (χ2v) is 8.06. The molecule has 2 N–H and O–H groups in total. The van der Waals surface area contributed by atoms with Gasteiger partial charge >= 0.3 is 0 Å². The molecule has 0 amide bonds. The van der Waals surface area contributed by atoms with Crippen molar-refractivity contribution in [3.63, 3.8) is 0 Å². The summed E-state index contributed by atoms with van der Waals surface area (Å²) in [5, 5.41) is 3.41. The lowest BCUT2D eigenvalue weighted by Gasteiger charge is -2.14. The molecule has 0 aliphatic rings. The van der Waals surface area contributed by atoms with Gasteiger partial charge in [0.2, 0.25) is 16.0 Å². The number of hydrogen-bond donors (Lipinski definition) is 2. The fourth-order valence-corrected chi connectivity index (χ4v) is 3.77. The van der Waals surface area contributed by atoms with Crippen LogP contribution >= 0.6 is 23.2 Å². The molecule has 10 heteroatoms. The Morgan fingerprint density at radius 3 is 2.52 bits per heavy atom. The van der Waals surface area contributed by atoms with E-state index in [2.05, 4.69) is 20.0 Å². The van der Waals surface area contributed by atoms with Crippen molar-refractivity contribution < 1.29 is 8.42 Å². The second-order valence-electron chi connectivity index (χ2n) is 5.48. The minimum atomic E-state index is -3.75. The maximum Gasteiger partial charge on any atom is 0.242 e. The molecule has 136 valence electrons. The lowest BCUT2D eigenvalue weighted by atomic mass is 10.4. The third kappa shape index (κ3) is 5.43. The Hall–Kier alpha value is -1.61. The van der Waals surface area contributed by atoms with E-state index in [1.54, 1.807) is 0 Å². The maximum absolute atomic E-state index is 12.3. The van der Waals surface area contributed by atoms with Crippen LogP contribution in [0.2, 0.25) is 10.0 Å². The van der Waals surface area contributed by atoms with Gasteiger partial charge in [-0.25, -0.2) is 18.1 Å². The number of nitrogens with one attached hydrogen (secondary N) is 2. The van der Waals surface area contributed by atoms with Crippen LogP contribution < -0.4 is 14.9 Å². The first-order valence-corrected chi connectivity index (χ1v) is 9.64. The van der Waals surface area contributed by atoms with Crippen LogP contribution in [-0.2, 0) is 10.0 Å². The van der Waals surface area contributed by atoms with Gasteiger partial charge in [0.1, 0.15) is 10.7 Å². The molecule has 2 rings (SSSR count). The predicted molar refractivity (Wildman–Crippen MR) is 101 cm³/mol. The number of sulfonamides is 1. The maximum atomic E-state index is 12.3. The molecule has 0 radical (unpaired) electrons. The standard InChI is InChI=1S/C15H19Cl2N5O2S/c1-10-8-14(22(2)3)21-15(20-10)18-6-7-19-25(23,24)13-9-11(16)4-5-12(13)17/h4-5,8-9,19H,6-7H2,1-3H3,(H,18,20,21). The summed E-state index contributed by atoms with van der Waals surface area (Å²) in [5.74, 6) is 1.20. The Morgan fingerprint density at radius 1 is 1.12 bits per heavy atom. The van der Waals surface area contributed by atoms with Gasteiger partial charge in [0, 0.05) is 44.0 Å². The van der Waals surface area contributed by atoms with Crippen molar-refractivity contribution >= 4 is 45.0 Å². The van der Waals surface area contributed by atoms with E-state index in [0.29, 0.717) is 17.5 Å². The summed E-state index contributed by atoms with van der Waals surface area (Å²) in [6, 6.07) is 6.14. The quantitative estimate of drug-likeness (QED) is 0.690. The molecule has 0 saturated carbocycles. The summed E-state index contributed by atoms with van der Waals surface area (Å²) >= 11 is 11.8. The van der Waals surface area contributed by atoms with E-state index in [1.165, 1.54) is 18.2 Å². The fourth-order valence-electron chi connectivity index (χ4n) is 1.98. The normalized spacial score (nSPS) is 11.4. The van der Waals surface area contributed by atoms with Crippen LogP contribution in [0, 0.1) is 6.92 Å². The molecule has 0 aliphatic heterocycles. The Labute approximate surface area is 157 Å². The number of aromatic nitrogens is 2. The summed E-state index contributed by atoms with van der Waals surface area (Å²) in [4.78, 5) is 10.4. The largest absolute Gasteiger partial charge is 0.363 e. The average Bonchev–Trinajstić information content (AvgIpc) is 2.53. The molecule has 0 bridgehead atoms. The van der Waals surface area contributed by atoms with Gasteiger partial charge < -0.3 is 10.2 Å². The minimum absolute atomic E-state index is 0.0524. The lowest BCUT2D eigenvalue weighted by molar-refractivity contribution is 0.583. The first kappa shape index (κ1) is 19.7. The smallest absolute Gasteiger partial charge is 0.242 e. The number of rotatable bonds is 7. The molecule has 0 spiro atoms. The van der Waals surface area contributed by atoms with Crippen LogP contribution in [0.4, 0.5) is 11.8 Å². The highest BCUT2D eigenvalue weighted by atomic mass is 35.5. The van der Waals surface area contributed by atoms with Gasteiger partial charge in [-0.05, 0) is 25.1 Å². The van der Waals surface area contributed by atoms with Crippen LogP contribution in [0.3, 0.4) is 0 Å². The number of hydrogen-bond acceptors (Lipinski definition) is 6. The molecule has 1 aromatic heterocycles. The van der Waals surface area contributed by atoms with E-state index in [-0.39, 0.29) is 16.5 Å².